The van der Waals surface area contributed by atoms with Crippen molar-refractivity contribution in [3.63, 3.8) is 0 Å². The van der Waals surface area contributed by atoms with Gasteiger partial charge in [0, 0.05) is 24.9 Å². The third kappa shape index (κ3) is 4.05. The third-order valence-electron chi connectivity index (χ3n) is 4.02. The average molecular weight is 353 g/mol. The fraction of sp³-hybridized carbons (Fsp3) is 0.263. The van der Waals surface area contributed by atoms with E-state index >= 15 is 0 Å². The second-order valence-corrected chi connectivity index (χ2v) is 5.98. The van der Waals surface area contributed by atoms with Crippen LogP contribution in [0, 0.1) is 6.92 Å². The molecule has 2 heterocycles. The van der Waals surface area contributed by atoms with Gasteiger partial charge in [0.05, 0.1) is 16.9 Å². The largest absolute Gasteiger partial charge is 0.452 e. The minimum absolute atomic E-state index is 0.0324. The number of rotatable bonds is 5. The van der Waals surface area contributed by atoms with Gasteiger partial charge in [0.15, 0.2) is 6.61 Å². The van der Waals surface area contributed by atoms with Gasteiger partial charge in [-0.3, -0.25) is 14.6 Å². The first-order chi connectivity index (χ1) is 12.5. The fourth-order valence-corrected chi connectivity index (χ4v) is 2.71. The number of aromatic nitrogens is 1. The lowest BCUT2D eigenvalue weighted by atomic mass is 10.2. The van der Waals surface area contributed by atoms with Crippen molar-refractivity contribution < 1.29 is 19.1 Å². The van der Waals surface area contributed by atoms with Gasteiger partial charge in [-0.15, -0.1) is 0 Å². The number of nitrogens with one attached hydrogen (secondary N) is 1. The minimum Gasteiger partial charge on any atom is -0.452 e. The highest BCUT2D eigenvalue weighted by Crippen LogP contribution is 2.29. The zero-order valence-electron chi connectivity index (χ0n) is 14.4. The van der Waals surface area contributed by atoms with E-state index in [1.807, 2.05) is 6.92 Å². The van der Waals surface area contributed by atoms with Crippen molar-refractivity contribution in [1.29, 1.82) is 0 Å². The number of hydrogen-bond donors (Lipinski definition) is 1. The summed E-state index contributed by atoms with van der Waals surface area (Å²) in [6, 6.07) is 10.4. The first-order valence-electron chi connectivity index (χ1n) is 8.33. The maximum absolute atomic E-state index is 12.1. The van der Waals surface area contributed by atoms with E-state index in [9.17, 15) is 14.4 Å². The molecule has 0 unspecified atom stereocenters. The summed E-state index contributed by atoms with van der Waals surface area (Å²) in [5.41, 5.74) is 2.23. The predicted molar refractivity (Wildman–Crippen MR) is 95.9 cm³/mol. The van der Waals surface area contributed by atoms with Gasteiger partial charge in [-0.1, -0.05) is 12.1 Å². The van der Waals surface area contributed by atoms with Crippen LogP contribution in [0.5, 0.6) is 0 Å². The third-order valence-corrected chi connectivity index (χ3v) is 4.02. The molecule has 1 saturated heterocycles. The van der Waals surface area contributed by atoms with Crippen molar-refractivity contribution in [2.24, 2.45) is 0 Å². The molecule has 1 aromatic heterocycles. The number of ether oxygens (including phenoxy) is 1. The molecule has 1 N–H and O–H groups in total. The Morgan fingerprint density at radius 3 is 2.73 bits per heavy atom. The normalized spacial score (nSPS) is 13.6. The molecule has 0 bridgehead atoms. The highest BCUT2D eigenvalue weighted by atomic mass is 16.5. The number of anilines is 2. The molecule has 134 valence electrons. The van der Waals surface area contributed by atoms with Crippen molar-refractivity contribution in [3.05, 3.63) is 53.9 Å². The number of amides is 2. The van der Waals surface area contributed by atoms with Crippen LogP contribution in [-0.2, 0) is 14.3 Å². The van der Waals surface area contributed by atoms with Gasteiger partial charge in [-0.25, -0.2) is 4.79 Å². The molecule has 1 fully saturated rings. The van der Waals surface area contributed by atoms with Crippen molar-refractivity contribution in [3.8, 4) is 0 Å². The molecule has 2 aromatic rings. The number of nitrogens with zero attached hydrogens (tertiary/aromatic N) is 2. The quantitative estimate of drug-likeness (QED) is 0.833. The summed E-state index contributed by atoms with van der Waals surface area (Å²) >= 11 is 0. The molecular formula is C19H19N3O4. The smallest absolute Gasteiger partial charge is 0.340 e. The molecule has 0 radical (unpaired) electrons. The van der Waals surface area contributed by atoms with E-state index < -0.39 is 18.5 Å². The topological polar surface area (TPSA) is 88.6 Å². The van der Waals surface area contributed by atoms with Crippen molar-refractivity contribution in [1.82, 2.24) is 4.98 Å². The fourth-order valence-electron chi connectivity index (χ4n) is 2.71. The van der Waals surface area contributed by atoms with Gasteiger partial charge in [-0.05, 0) is 37.6 Å². The van der Waals surface area contributed by atoms with Crippen molar-refractivity contribution >= 4 is 29.2 Å². The Morgan fingerprint density at radius 1 is 1.23 bits per heavy atom. The van der Waals surface area contributed by atoms with Crippen LogP contribution in [-0.4, -0.2) is 35.9 Å². The number of carbonyl (C=O) groups is 3. The summed E-state index contributed by atoms with van der Waals surface area (Å²) in [6.07, 6.45) is 2.71. The number of esters is 1. The lowest BCUT2D eigenvalue weighted by Gasteiger charge is -2.19. The Hall–Kier alpha value is -3.22. The summed E-state index contributed by atoms with van der Waals surface area (Å²) in [7, 11) is 0. The Labute approximate surface area is 151 Å². The van der Waals surface area contributed by atoms with Crippen LogP contribution in [0.25, 0.3) is 0 Å². The Bertz CT molecular complexity index is 833. The Balaban J connectivity index is 1.61. The number of carbonyl (C=O) groups excluding carboxylic acids is 3. The van der Waals surface area contributed by atoms with E-state index in [1.54, 1.807) is 41.3 Å². The van der Waals surface area contributed by atoms with Crippen LogP contribution in [0.1, 0.15) is 28.9 Å². The van der Waals surface area contributed by atoms with E-state index in [4.69, 9.17) is 4.74 Å². The molecule has 26 heavy (non-hydrogen) atoms. The van der Waals surface area contributed by atoms with Gasteiger partial charge in [0.2, 0.25) is 5.91 Å². The van der Waals surface area contributed by atoms with Crippen LogP contribution >= 0.6 is 0 Å². The molecule has 7 nitrogen and oxygen atoms in total. The van der Waals surface area contributed by atoms with Crippen molar-refractivity contribution in [2.45, 2.75) is 19.8 Å². The molecule has 0 spiro atoms. The number of para-hydroxylation sites is 2. The SMILES string of the molecule is Cc1ccc(C(=O)OCC(=O)Nc2ccccc2N2CCCC2=O)cn1. The van der Waals surface area contributed by atoms with E-state index in [1.165, 1.54) is 6.20 Å². The Kier molecular flexibility index (Phi) is 5.26. The average Bonchev–Trinajstić information content (AvgIpc) is 3.06. The molecule has 1 aromatic carbocycles. The summed E-state index contributed by atoms with van der Waals surface area (Å²) in [5, 5.41) is 2.70. The van der Waals surface area contributed by atoms with Gasteiger partial charge in [0.1, 0.15) is 0 Å². The highest BCUT2D eigenvalue weighted by Gasteiger charge is 2.24. The zero-order valence-corrected chi connectivity index (χ0v) is 14.4. The van der Waals surface area contributed by atoms with E-state index in [0.29, 0.717) is 24.3 Å². The summed E-state index contributed by atoms with van der Waals surface area (Å²) in [5.74, 6) is -1.06. The van der Waals surface area contributed by atoms with E-state index in [-0.39, 0.29) is 11.5 Å². The molecule has 0 aliphatic carbocycles. The Morgan fingerprint density at radius 2 is 2.04 bits per heavy atom. The summed E-state index contributed by atoms with van der Waals surface area (Å²) < 4.78 is 5.02. The molecule has 2 amide bonds. The number of hydrogen-bond acceptors (Lipinski definition) is 5. The molecular weight excluding hydrogens is 334 g/mol. The molecule has 0 atom stereocenters. The maximum atomic E-state index is 12.1. The van der Waals surface area contributed by atoms with Crippen LogP contribution in [0.15, 0.2) is 42.6 Å². The molecule has 3 rings (SSSR count). The van der Waals surface area contributed by atoms with E-state index in [2.05, 4.69) is 10.3 Å². The van der Waals surface area contributed by atoms with Gasteiger partial charge in [0.25, 0.3) is 5.91 Å². The van der Waals surface area contributed by atoms with Crippen LogP contribution in [0.2, 0.25) is 0 Å². The van der Waals surface area contributed by atoms with Gasteiger partial charge >= 0.3 is 5.97 Å². The second kappa shape index (κ2) is 7.77. The lowest BCUT2D eigenvalue weighted by molar-refractivity contribution is -0.119. The van der Waals surface area contributed by atoms with E-state index in [0.717, 1.165) is 12.1 Å². The molecule has 7 heteroatoms. The van der Waals surface area contributed by atoms with Crippen LogP contribution in [0.3, 0.4) is 0 Å². The van der Waals surface area contributed by atoms with Gasteiger partial charge in [-0.2, -0.15) is 0 Å². The standard InChI is InChI=1S/C19H19N3O4/c1-13-8-9-14(11-20-13)19(25)26-12-17(23)21-15-5-2-3-6-16(15)22-10-4-7-18(22)24/h2-3,5-6,8-9,11H,4,7,10,12H2,1H3,(H,21,23). The monoisotopic (exact) mass is 353 g/mol. The molecule has 1 aliphatic rings. The van der Waals surface area contributed by atoms with Gasteiger partial charge < -0.3 is 15.0 Å². The van der Waals surface area contributed by atoms with Crippen LogP contribution < -0.4 is 10.2 Å². The number of pyridine rings is 1. The first-order valence-corrected chi connectivity index (χ1v) is 8.33. The van der Waals surface area contributed by atoms with Crippen LogP contribution in [0.4, 0.5) is 11.4 Å². The first kappa shape index (κ1) is 17.6. The zero-order chi connectivity index (χ0) is 18.5. The maximum Gasteiger partial charge on any atom is 0.340 e. The number of aryl methyl sites for hydroxylation is 1. The lowest BCUT2D eigenvalue weighted by Crippen LogP contribution is -2.27. The second-order valence-electron chi connectivity index (χ2n) is 5.98. The molecule has 0 saturated carbocycles. The van der Waals surface area contributed by atoms with Crippen molar-refractivity contribution in [2.75, 3.05) is 23.4 Å². The minimum atomic E-state index is -0.615. The number of benzene rings is 1. The molecule has 1 aliphatic heterocycles. The summed E-state index contributed by atoms with van der Waals surface area (Å²) in [4.78, 5) is 41.7. The predicted octanol–water partition coefficient (Wildman–Crippen LogP) is 2.31. The summed E-state index contributed by atoms with van der Waals surface area (Å²) in [6.45, 7) is 2.02. The highest BCUT2D eigenvalue weighted by molar-refractivity contribution is 6.02.